The van der Waals surface area contributed by atoms with Crippen LogP contribution < -0.4 is 5.73 Å². The van der Waals surface area contributed by atoms with Crippen molar-refractivity contribution < 1.29 is 9.90 Å². The van der Waals surface area contributed by atoms with Crippen molar-refractivity contribution in [1.82, 2.24) is 4.90 Å². The Morgan fingerprint density at radius 2 is 2.33 bits per heavy atom. The molecule has 0 aromatic heterocycles. The first kappa shape index (κ1) is 8.83. The maximum absolute atomic E-state index is 10.6. The normalized spacial score (nSPS) is 23.7. The summed E-state index contributed by atoms with van der Waals surface area (Å²) in [6.07, 6.45) is 1.50. The van der Waals surface area contributed by atoms with Crippen LogP contribution in [0.5, 0.6) is 0 Å². The van der Waals surface area contributed by atoms with E-state index in [1.165, 1.54) is 0 Å². The highest BCUT2D eigenvalue weighted by Gasteiger charge is 2.25. The molecule has 1 aliphatic heterocycles. The van der Waals surface area contributed by atoms with Gasteiger partial charge in [0.25, 0.3) is 0 Å². The lowest BCUT2D eigenvalue weighted by Gasteiger charge is -2.30. The van der Waals surface area contributed by atoms with Crippen LogP contribution in [0.1, 0.15) is 12.8 Å². The highest BCUT2D eigenvalue weighted by Crippen LogP contribution is 2.15. The number of carbonyl (C=O) groups is 1. The fourth-order valence-electron chi connectivity index (χ4n) is 1.40. The fourth-order valence-corrected chi connectivity index (χ4v) is 1.40. The Bertz CT molecular complexity index is 185. The zero-order valence-corrected chi connectivity index (χ0v) is 6.79. The molecule has 0 aromatic rings. The van der Waals surface area contributed by atoms with E-state index in [4.69, 9.17) is 16.2 Å². The second kappa shape index (κ2) is 3.42. The first-order valence-corrected chi connectivity index (χ1v) is 3.93. The van der Waals surface area contributed by atoms with E-state index in [1.54, 1.807) is 4.90 Å². The fraction of sp³-hybridized carbons (Fsp3) is 0.714. The number of rotatable bonds is 1. The average Bonchev–Trinajstić information content (AvgIpc) is 2.04. The monoisotopic (exact) mass is 171 g/mol. The molecule has 1 rings (SSSR count). The molecule has 1 saturated heterocycles. The van der Waals surface area contributed by atoms with Crippen LogP contribution in [0.4, 0.5) is 0 Å². The molecule has 0 aliphatic carbocycles. The van der Waals surface area contributed by atoms with Crippen LogP contribution in [0.15, 0.2) is 0 Å². The number of carboxylic acids is 1. The molecule has 0 spiro atoms. The quantitative estimate of drug-likeness (QED) is 0.372. The van der Waals surface area contributed by atoms with Crippen LogP contribution in [0.25, 0.3) is 0 Å². The molecule has 12 heavy (non-hydrogen) atoms. The largest absolute Gasteiger partial charge is 0.481 e. The number of nitrogens with two attached hydrogens (primary N) is 1. The minimum absolute atomic E-state index is 0.0269. The molecule has 0 unspecified atom stereocenters. The van der Waals surface area contributed by atoms with Gasteiger partial charge in [0, 0.05) is 13.1 Å². The van der Waals surface area contributed by atoms with Crippen LogP contribution in [-0.2, 0) is 4.79 Å². The number of hydrogen-bond acceptors (Lipinski definition) is 2. The van der Waals surface area contributed by atoms with Crippen molar-refractivity contribution in [3.8, 4) is 0 Å². The predicted molar refractivity (Wildman–Crippen MR) is 43.8 cm³/mol. The Morgan fingerprint density at radius 3 is 2.83 bits per heavy atom. The molecular weight excluding hydrogens is 158 g/mol. The summed E-state index contributed by atoms with van der Waals surface area (Å²) in [7, 11) is 0. The summed E-state index contributed by atoms with van der Waals surface area (Å²) in [4.78, 5) is 12.2. The van der Waals surface area contributed by atoms with Crippen molar-refractivity contribution in [2.24, 2.45) is 11.7 Å². The average molecular weight is 171 g/mol. The lowest BCUT2D eigenvalue weighted by Crippen LogP contribution is -2.45. The summed E-state index contributed by atoms with van der Waals surface area (Å²) in [5.41, 5.74) is 5.25. The van der Waals surface area contributed by atoms with Crippen LogP contribution >= 0.6 is 0 Å². The maximum atomic E-state index is 10.6. The van der Waals surface area contributed by atoms with Gasteiger partial charge >= 0.3 is 5.97 Å². The topological polar surface area (TPSA) is 90.4 Å². The van der Waals surface area contributed by atoms with Crippen molar-refractivity contribution in [2.75, 3.05) is 13.1 Å². The molecule has 0 bridgehead atoms. The van der Waals surface area contributed by atoms with Crippen molar-refractivity contribution >= 4 is 11.9 Å². The molecule has 0 amide bonds. The highest BCUT2D eigenvalue weighted by atomic mass is 16.4. The van der Waals surface area contributed by atoms with Gasteiger partial charge in [-0.15, -0.1) is 0 Å². The minimum atomic E-state index is -0.791. The number of nitrogens with zero attached hydrogens (tertiary/aromatic N) is 1. The Morgan fingerprint density at radius 1 is 1.67 bits per heavy atom. The van der Waals surface area contributed by atoms with Gasteiger partial charge in [-0.3, -0.25) is 10.2 Å². The van der Waals surface area contributed by atoms with E-state index in [2.05, 4.69) is 0 Å². The summed E-state index contributed by atoms with van der Waals surface area (Å²) < 4.78 is 0. The first-order valence-electron chi connectivity index (χ1n) is 3.93. The van der Waals surface area contributed by atoms with Crippen molar-refractivity contribution in [1.29, 1.82) is 5.41 Å². The standard InChI is InChI=1S/C7H13N3O2/c8-7(9)10-3-1-2-5(4-10)6(11)12/h5H,1-4H2,(H3,8,9)(H,11,12)/t5-/m0/s1. The summed E-state index contributed by atoms with van der Waals surface area (Å²) in [5.74, 6) is -1.18. The smallest absolute Gasteiger partial charge is 0.308 e. The summed E-state index contributed by atoms with van der Waals surface area (Å²) in [6, 6.07) is 0. The zero-order valence-electron chi connectivity index (χ0n) is 6.79. The molecule has 0 radical (unpaired) electrons. The molecule has 4 N–H and O–H groups in total. The number of likely N-dealkylation sites (tertiary alicyclic amines) is 1. The van der Waals surface area contributed by atoms with Gasteiger partial charge in [0.1, 0.15) is 0 Å². The first-order chi connectivity index (χ1) is 5.61. The van der Waals surface area contributed by atoms with E-state index in [9.17, 15) is 4.79 Å². The van der Waals surface area contributed by atoms with Gasteiger partial charge in [0.05, 0.1) is 5.92 Å². The summed E-state index contributed by atoms with van der Waals surface area (Å²) in [5, 5.41) is 15.8. The number of nitrogens with one attached hydrogen (secondary N) is 1. The third-order valence-electron chi connectivity index (χ3n) is 2.11. The molecule has 0 aromatic carbocycles. The molecule has 1 atom stereocenters. The van der Waals surface area contributed by atoms with Gasteiger partial charge in [0.15, 0.2) is 5.96 Å². The van der Waals surface area contributed by atoms with E-state index < -0.39 is 5.97 Å². The number of hydrogen-bond donors (Lipinski definition) is 3. The Balaban J connectivity index is 2.51. The predicted octanol–water partition coefficient (Wildman–Crippen LogP) is -0.324. The summed E-state index contributed by atoms with van der Waals surface area (Å²) in [6.45, 7) is 1.09. The van der Waals surface area contributed by atoms with Gasteiger partial charge in [-0.2, -0.15) is 0 Å². The summed E-state index contributed by atoms with van der Waals surface area (Å²) >= 11 is 0. The lowest BCUT2D eigenvalue weighted by atomic mass is 9.99. The third kappa shape index (κ3) is 1.87. The SMILES string of the molecule is N=C(N)N1CCC[C@H](C(=O)O)C1. The van der Waals surface area contributed by atoms with E-state index in [0.29, 0.717) is 19.5 Å². The Labute approximate surface area is 70.7 Å². The minimum Gasteiger partial charge on any atom is -0.481 e. The number of aliphatic carboxylic acids is 1. The van der Waals surface area contributed by atoms with Gasteiger partial charge in [-0.25, -0.2) is 0 Å². The van der Waals surface area contributed by atoms with Crippen LogP contribution in [-0.4, -0.2) is 35.0 Å². The van der Waals surface area contributed by atoms with Gasteiger partial charge < -0.3 is 15.7 Å². The molecule has 1 heterocycles. The Kier molecular flexibility index (Phi) is 2.52. The molecule has 5 heteroatoms. The van der Waals surface area contributed by atoms with Crippen LogP contribution in [0.2, 0.25) is 0 Å². The molecule has 68 valence electrons. The van der Waals surface area contributed by atoms with E-state index in [-0.39, 0.29) is 11.9 Å². The second-order valence-corrected chi connectivity index (χ2v) is 3.01. The maximum Gasteiger partial charge on any atom is 0.308 e. The number of piperidine rings is 1. The van der Waals surface area contributed by atoms with Gasteiger partial charge in [-0.1, -0.05) is 0 Å². The van der Waals surface area contributed by atoms with Crippen molar-refractivity contribution in [3.63, 3.8) is 0 Å². The second-order valence-electron chi connectivity index (χ2n) is 3.01. The highest BCUT2D eigenvalue weighted by molar-refractivity contribution is 5.76. The zero-order chi connectivity index (χ0) is 9.14. The van der Waals surface area contributed by atoms with Gasteiger partial charge in [0.2, 0.25) is 0 Å². The van der Waals surface area contributed by atoms with E-state index in [1.807, 2.05) is 0 Å². The lowest BCUT2D eigenvalue weighted by molar-refractivity contribution is -0.143. The van der Waals surface area contributed by atoms with Gasteiger partial charge in [-0.05, 0) is 12.8 Å². The number of carboxylic acid groups (broad SMARTS) is 1. The van der Waals surface area contributed by atoms with E-state index in [0.717, 1.165) is 6.42 Å². The molecule has 0 saturated carbocycles. The van der Waals surface area contributed by atoms with Crippen LogP contribution in [0.3, 0.4) is 0 Å². The Hall–Kier alpha value is -1.26. The van der Waals surface area contributed by atoms with Crippen molar-refractivity contribution in [2.45, 2.75) is 12.8 Å². The molecule has 1 fully saturated rings. The van der Waals surface area contributed by atoms with Crippen LogP contribution in [0, 0.1) is 11.3 Å². The van der Waals surface area contributed by atoms with Crippen molar-refractivity contribution in [3.05, 3.63) is 0 Å². The van der Waals surface area contributed by atoms with E-state index >= 15 is 0 Å². The number of guanidine groups is 1. The molecule has 5 nitrogen and oxygen atoms in total. The molecular formula is C7H13N3O2. The third-order valence-corrected chi connectivity index (χ3v) is 2.11. The molecule has 1 aliphatic rings.